The second-order valence-electron chi connectivity index (χ2n) is 7.90. The highest BCUT2D eigenvalue weighted by molar-refractivity contribution is 7.89. The van der Waals surface area contributed by atoms with Crippen molar-refractivity contribution in [3.63, 3.8) is 0 Å². The number of hydrogen-bond acceptors (Lipinski definition) is 8. The van der Waals surface area contributed by atoms with Crippen LogP contribution in [0.2, 0.25) is 0 Å². The second-order valence-corrected chi connectivity index (χ2v) is 9.55. The maximum absolute atomic E-state index is 12.8. The van der Waals surface area contributed by atoms with Crippen molar-refractivity contribution in [3.05, 3.63) is 35.5 Å². The predicted octanol–water partition coefficient (Wildman–Crippen LogP) is 3.55. The molecule has 0 radical (unpaired) electrons. The summed E-state index contributed by atoms with van der Waals surface area (Å²) in [6.07, 6.45) is 4.42. The van der Waals surface area contributed by atoms with Crippen molar-refractivity contribution in [2.24, 2.45) is 5.16 Å². The molecule has 0 saturated carbocycles. The highest BCUT2D eigenvalue weighted by Gasteiger charge is 2.27. The maximum atomic E-state index is 12.8. The predicted molar refractivity (Wildman–Crippen MR) is 112 cm³/mol. The van der Waals surface area contributed by atoms with Crippen LogP contribution in [0.5, 0.6) is 5.75 Å². The van der Waals surface area contributed by atoms with Gasteiger partial charge in [0.1, 0.15) is 10.6 Å². The van der Waals surface area contributed by atoms with Gasteiger partial charge in [-0.05, 0) is 51.0 Å². The Kier molecular flexibility index (Phi) is 6.27. The molecule has 0 amide bonds. The number of ether oxygens (including phenoxy) is 1. The molecule has 30 heavy (non-hydrogen) atoms. The van der Waals surface area contributed by atoms with Crippen LogP contribution in [0, 0.1) is 0 Å². The minimum Gasteiger partial charge on any atom is -0.495 e. The van der Waals surface area contributed by atoms with Gasteiger partial charge in [0, 0.05) is 18.0 Å². The highest BCUT2D eigenvalue weighted by Crippen LogP contribution is 2.28. The zero-order valence-electron chi connectivity index (χ0n) is 17.7. The Hall–Kier alpha value is -2.72. The van der Waals surface area contributed by atoms with E-state index in [4.69, 9.17) is 14.1 Å². The van der Waals surface area contributed by atoms with E-state index in [0.29, 0.717) is 17.8 Å². The lowest BCUT2D eigenvalue weighted by Crippen LogP contribution is -2.40. The Morgan fingerprint density at radius 3 is 2.70 bits per heavy atom. The molecule has 0 saturated heterocycles. The molecule has 0 bridgehead atoms. The number of oxime groups is 1. The summed E-state index contributed by atoms with van der Waals surface area (Å²) in [6, 6.07) is 4.87. The van der Waals surface area contributed by atoms with Crippen molar-refractivity contribution in [2.45, 2.75) is 57.1 Å². The molecular weight excluding hydrogens is 408 g/mol. The van der Waals surface area contributed by atoms with E-state index in [-0.39, 0.29) is 22.6 Å². The van der Waals surface area contributed by atoms with E-state index in [0.717, 1.165) is 12.1 Å². The summed E-state index contributed by atoms with van der Waals surface area (Å²) in [4.78, 5) is 9.69. The SMILES string of the molecule is CCC1=NOC(c2noc(/C=C/c3ccc(OC)c(S(=O)(=O)NC(C)(C)C)c3)n2)C1. The van der Waals surface area contributed by atoms with Crippen LogP contribution in [0.1, 0.15) is 63.9 Å². The van der Waals surface area contributed by atoms with Crippen LogP contribution in [0.25, 0.3) is 12.2 Å². The number of benzene rings is 1. The van der Waals surface area contributed by atoms with Crippen LogP contribution in [0.3, 0.4) is 0 Å². The first-order chi connectivity index (χ1) is 14.1. The molecule has 0 aliphatic carbocycles. The van der Waals surface area contributed by atoms with E-state index in [9.17, 15) is 8.42 Å². The van der Waals surface area contributed by atoms with E-state index < -0.39 is 15.6 Å². The number of hydrogen-bond donors (Lipinski definition) is 1. The fraction of sp³-hybridized carbons (Fsp3) is 0.450. The molecule has 0 spiro atoms. The molecule has 1 aliphatic rings. The van der Waals surface area contributed by atoms with Gasteiger partial charge in [-0.15, -0.1) is 0 Å². The molecule has 162 valence electrons. The molecule has 10 heteroatoms. The Morgan fingerprint density at radius 2 is 2.07 bits per heavy atom. The van der Waals surface area contributed by atoms with Crippen molar-refractivity contribution in [1.82, 2.24) is 14.9 Å². The minimum atomic E-state index is -3.77. The lowest BCUT2D eigenvalue weighted by Gasteiger charge is -2.21. The van der Waals surface area contributed by atoms with E-state index in [1.807, 2.05) is 6.92 Å². The number of aromatic nitrogens is 2. The molecule has 1 aromatic carbocycles. The van der Waals surface area contributed by atoms with E-state index >= 15 is 0 Å². The molecule has 1 N–H and O–H groups in total. The van der Waals surface area contributed by atoms with Crippen LogP contribution in [-0.2, 0) is 14.9 Å². The van der Waals surface area contributed by atoms with E-state index in [1.54, 1.807) is 45.1 Å². The van der Waals surface area contributed by atoms with Crippen LogP contribution in [-0.4, -0.2) is 36.9 Å². The van der Waals surface area contributed by atoms with Crippen LogP contribution >= 0.6 is 0 Å². The average Bonchev–Trinajstić information content (AvgIpc) is 3.33. The largest absolute Gasteiger partial charge is 0.495 e. The summed E-state index contributed by atoms with van der Waals surface area (Å²) >= 11 is 0. The van der Waals surface area contributed by atoms with Gasteiger partial charge in [0.25, 0.3) is 5.89 Å². The van der Waals surface area contributed by atoms with Gasteiger partial charge in [-0.2, -0.15) is 4.98 Å². The van der Waals surface area contributed by atoms with Gasteiger partial charge in [-0.3, -0.25) is 0 Å². The Bertz CT molecular complexity index is 1070. The third-order valence-corrected chi connectivity index (χ3v) is 6.00. The second kappa shape index (κ2) is 8.57. The van der Waals surface area contributed by atoms with Gasteiger partial charge in [0.2, 0.25) is 15.8 Å². The summed E-state index contributed by atoms with van der Waals surface area (Å²) in [5.41, 5.74) is 0.968. The fourth-order valence-electron chi connectivity index (χ4n) is 2.85. The molecule has 2 aromatic rings. The molecule has 9 nitrogen and oxygen atoms in total. The third kappa shape index (κ3) is 5.25. The summed E-state index contributed by atoms with van der Waals surface area (Å²) in [7, 11) is -2.34. The first kappa shape index (κ1) is 22.0. The summed E-state index contributed by atoms with van der Waals surface area (Å²) < 4.78 is 38.7. The Morgan fingerprint density at radius 1 is 1.30 bits per heavy atom. The standard InChI is InChI=1S/C20H26N4O5S/c1-6-14-12-16(28-22-14)19-21-18(29-23-19)10-8-13-7-9-15(27-5)17(11-13)30(25,26)24-20(2,3)4/h7-11,16,24H,6,12H2,1-5H3/b10-8+. The van der Waals surface area contributed by atoms with Gasteiger partial charge >= 0.3 is 0 Å². The number of sulfonamides is 1. The maximum Gasteiger partial charge on any atom is 0.250 e. The fourth-order valence-corrected chi connectivity index (χ4v) is 4.48. The zero-order chi connectivity index (χ0) is 21.9. The van der Waals surface area contributed by atoms with Gasteiger partial charge in [0.15, 0.2) is 6.10 Å². The van der Waals surface area contributed by atoms with Crippen LogP contribution in [0.15, 0.2) is 32.8 Å². The molecule has 1 aromatic heterocycles. The number of methoxy groups -OCH3 is 1. The third-order valence-electron chi connectivity index (χ3n) is 4.22. The van der Waals surface area contributed by atoms with Crippen molar-refractivity contribution < 1.29 is 22.5 Å². The Labute approximate surface area is 176 Å². The molecule has 1 aliphatic heterocycles. The number of nitrogens with zero attached hydrogens (tertiary/aromatic N) is 3. The topological polar surface area (TPSA) is 116 Å². The minimum absolute atomic E-state index is 0.0527. The van der Waals surface area contributed by atoms with Crippen molar-refractivity contribution in [1.29, 1.82) is 0 Å². The molecular formula is C20H26N4O5S. The zero-order valence-corrected chi connectivity index (χ0v) is 18.5. The van der Waals surface area contributed by atoms with Gasteiger partial charge < -0.3 is 14.1 Å². The van der Waals surface area contributed by atoms with Crippen LogP contribution in [0.4, 0.5) is 0 Å². The molecule has 1 unspecified atom stereocenters. The lowest BCUT2D eigenvalue weighted by molar-refractivity contribution is 0.0772. The number of rotatable bonds is 7. The quantitative estimate of drug-likeness (QED) is 0.708. The summed E-state index contributed by atoms with van der Waals surface area (Å²) in [5, 5.41) is 7.93. The number of nitrogens with one attached hydrogen (secondary N) is 1. The smallest absolute Gasteiger partial charge is 0.250 e. The van der Waals surface area contributed by atoms with Crippen molar-refractivity contribution in [2.75, 3.05) is 7.11 Å². The van der Waals surface area contributed by atoms with Crippen molar-refractivity contribution >= 4 is 27.9 Å². The van der Waals surface area contributed by atoms with Crippen molar-refractivity contribution in [3.8, 4) is 5.75 Å². The van der Waals surface area contributed by atoms with Gasteiger partial charge in [0.05, 0.1) is 12.8 Å². The highest BCUT2D eigenvalue weighted by atomic mass is 32.2. The molecule has 0 fully saturated rings. The van der Waals surface area contributed by atoms with Gasteiger partial charge in [-0.25, -0.2) is 13.1 Å². The summed E-state index contributed by atoms with van der Waals surface area (Å²) in [6.45, 7) is 7.33. The Balaban J connectivity index is 1.80. The molecule has 2 heterocycles. The van der Waals surface area contributed by atoms with Crippen LogP contribution < -0.4 is 9.46 Å². The normalized spacial score (nSPS) is 17.2. The van der Waals surface area contributed by atoms with E-state index in [2.05, 4.69) is 20.0 Å². The first-order valence-corrected chi connectivity index (χ1v) is 11.0. The monoisotopic (exact) mass is 434 g/mol. The summed E-state index contributed by atoms with van der Waals surface area (Å²) in [5.74, 6) is 0.968. The first-order valence-electron chi connectivity index (χ1n) is 9.56. The lowest BCUT2D eigenvalue weighted by atomic mass is 10.1. The molecule has 3 rings (SSSR count). The van der Waals surface area contributed by atoms with Gasteiger partial charge in [-0.1, -0.05) is 23.3 Å². The van der Waals surface area contributed by atoms with E-state index in [1.165, 1.54) is 13.2 Å². The molecule has 1 atom stereocenters. The average molecular weight is 435 g/mol.